The highest BCUT2D eigenvalue weighted by Crippen LogP contribution is 2.20. The third-order valence-corrected chi connectivity index (χ3v) is 2.97. The van der Waals surface area contributed by atoms with Crippen LogP contribution in [0.2, 0.25) is 0 Å². The molecule has 0 amide bonds. The van der Waals surface area contributed by atoms with Gasteiger partial charge < -0.3 is 5.32 Å². The van der Waals surface area contributed by atoms with Crippen molar-refractivity contribution < 1.29 is 0 Å². The number of benzene rings is 1. The van der Waals surface area contributed by atoms with Gasteiger partial charge in [0, 0.05) is 11.9 Å². The molecular formula is C14H15N5. The Kier molecular flexibility index (Phi) is 3.20. The minimum absolute atomic E-state index is 0.753. The summed E-state index contributed by atoms with van der Waals surface area (Å²) in [5.41, 5.74) is 1.01. The molecule has 0 radical (unpaired) electrons. The molecule has 1 aromatic carbocycles. The largest absolute Gasteiger partial charge is 0.311 e. The molecule has 0 atom stereocenters. The number of nitrogens with one attached hydrogen (secondary N) is 1. The van der Waals surface area contributed by atoms with Crippen molar-refractivity contribution in [3.63, 3.8) is 0 Å². The molecule has 0 fully saturated rings. The van der Waals surface area contributed by atoms with E-state index in [2.05, 4.69) is 45.5 Å². The first kappa shape index (κ1) is 11.8. The Bertz CT molecular complexity index is 675. The van der Waals surface area contributed by atoms with Gasteiger partial charge >= 0.3 is 0 Å². The predicted octanol–water partition coefficient (Wildman–Crippen LogP) is 1.92. The number of pyridine rings is 1. The van der Waals surface area contributed by atoms with Crippen molar-refractivity contribution in [2.75, 3.05) is 6.54 Å². The average Bonchev–Trinajstić information content (AvgIpc) is 2.98. The Hall–Kier alpha value is -2.27. The van der Waals surface area contributed by atoms with Gasteiger partial charge in [0.1, 0.15) is 12.7 Å². The van der Waals surface area contributed by atoms with E-state index >= 15 is 0 Å². The van der Waals surface area contributed by atoms with Crippen LogP contribution in [0.15, 0.2) is 43.0 Å². The summed E-state index contributed by atoms with van der Waals surface area (Å²) in [5, 5.41) is 9.71. The van der Waals surface area contributed by atoms with Crippen LogP contribution in [-0.4, -0.2) is 26.3 Å². The molecule has 5 heteroatoms. The second-order valence-corrected chi connectivity index (χ2v) is 4.28. The highest BCUT2D eigenvalue weighted by molar-refractivity contribution is 5.88. The van der Waals surface area contributed by atoms with E-state index in [4.69, 9.17) is 0 Å². The molecule has 0 aliphatic carbocycles. The van der Waals surface area contributed by atoms with Gasteiger partial charge in [0.05, 0.1) is 5.69 Å². The zero-order chi connectivity index (χ0) is 13.1. The molecule has 0 aliphatic rings. The molecule has 0 unspecified atom stereocenters. The van der Waals surface area contributed by atoms with Gasteiger partial charge in [-0.1, -0.05) is 31.2 Å². The molecule has 0 saturated carbocycles. The van der Waals surface area contributed by atoms with E-state index in [0.717, 1.165) is 35.4 Å². The monoisotopic (exact) mass is 253 g/mol. The van der Waals surface area contributed by atoms with E-state index in [-0.39, 0.29) is 0 Å². The second-order valence-electron chi connectivity index (χ2n) is 4.28. The SMILES string of the molecule is CCNCc1cc2ccccc2c(-n2cncn2)n1. The summed E-state index contributed by atoms with van der Waals surface area (Å²) in [4.78, 5) is 8.67. The quantitative estimate of drug-likeness (QED) is 0.772. The van der Waals surface area contributed by atoms with E-state index in [0.29, 0.717) is 0 Å². The number of fused-ring (bicyclic) bond motifs is 1. The Morgan fingerprint density at radius 2 is 2.16 bits per heavy atom. The van der Waals surface area contributed by atoms with Gasteiger partial charge in [0.15, 0.2) is 5.82 Å². The van der Waals surface area contributed by atoms with Gasteiger partial charge in [0.2, 0.25) is 0 Å². The van der Waals surface area contributed by atoms with Crippen LogP contribution in [0.4, 0.5) is 0 Å². The first-order chi connectivity index (χ1) is 9.38. The summed E-state index contributed by atoms with van der Waals surface area (Å²) in [6.45, 7) is 3.76. The average molecular weight is 253 g/mol. The molecule has 96 valence electrons. The van der Waals surface area contributed by atoms with Crippen LogP contribution in [0.25, 0.3) is 16.6 Å². The molecule has 3 rings (SSSR count). The number of hydrogen-bond donors (Lipinski definition) is 1. The van der Waals surface area contributed by atoms with Crippen molar-refractivity contribution in [2.24, 2.45) is 0 Å². The van der Waals surface area contributed by atoms with Crippen molar-refractivity contribution in [3.05, 3.63) is 48.7 Å². The molecule has 0 spiro atoms. The van der Waals surface area contributed by atoms with Gasteiger partial charge in [-0.2, -0.15) is 5.10 Å². The van der Waals surface area contributed by atoms with E-state index in [9.17, 15) is 0 Å². The summed E-state index contributed by atoms with van der Waals surface area (Å²) >= 11 is 0. The van der Waals surface area contributed by atoms with Gasteiger partial charge in [-0.05, 0) is 18.0 Å². The van der Waals surface area contributed by atoms with Crippen LogP contribution in [0.3, 0.4) is 0 Å². The first-order valence-corrected chi connectivity index (χ1v) is 6.33. The number of nitrogens with zero attached hydrogens (tertiary/aromatic N) is 4. The van der Waals surface area contributed by atoms with E-state index in [1.807, 2.05) is 12.1 Å². The molecule has 0 bridgehead atoms. The zero-order valence-electron chi connectivity index (χ0n) is 10.7. The lowest BCUT2D eigenvalue weighted by Crippen LogP contribution is -2.14. The van der Waals surface area contributed by atoms with Crippen LogP contribution in [-0.2, 0) is 6.54 Å². The summed E-state index contributed by atoms with van der Waals surface area (Å²) < 4.78 is 1.71. The van der Waals surface area contributed by atoms with Crippen molar-refractivity contribution in [2.45, 2.75) is 13.5 Å². The topological polar surface area (TPSA) is 55.6 Å². The van der Waals surface area contributed by atoms with Crippen LogP contribution in [0.1, 0.15) is 12.6 Å². The first-order valence-electron chi connectivity index (χ1n) is 6.33. The lowest BCUT2D eigenvalue weighted by atomic mass is 10.1. The third kappa shape index (κ3) is 2.32. The molecule has 19 heavy (non-hydrogen) atoms. The Morgan fingerprint density at radius 1 is 1.26 bits per heavy atom. The summed E-state index contributed by atoms with van der Waals surface area (Å²) in [7, 11) is 0. The van der Waals surface area contributed by atoms with Crippen molar-refractivity contribution in [3.8, 4) is 5.82 Å². The molecule has 1 N–H and O–H groups in total. The normalized spacial score (nSPS) is 11.0. The van der Waals surface area contributed by atoms with Gasteiger partial charge in [0.25, 0.3) is 0 Å². The Morgan fingerprint density at radius 3 is 2.95 bits per heavy atom. The lowest BCUT2D eigenvalue weighted by molar-refractivity contribution is 0.706. The number of aromatic nitrogens is 4. The molecule has 3 aromatic rings. The molecule has 2 heterocycles. The fraction of sp³-hybridized carbons (Fsp3) is 0.214. The van der Waals surface area contributed by atoms with Crippen molar-refractivity contribution in [1.29, 1.82) is 0 Å². The van der Waals surface area contributed by atoms with Crippen LogP contribution in [0.5, 0.6) is 0 Å². The number of rotatable bonds is 4. The Labute approximate surface area is 111 Å². The second kappa shape index (κ2) is 5.16. The standard InChI is InChI=1S/C14H15N5/c1-2-15-8-12-7-11-5-3-4-6-13(11)14(18-12)19-10-16-9-17-19/h3-7,9-10,15H,2,8H2,1H3. The summed E-state index contributed by atoms with van der Waals surface area (Å²) in [5.74, 6) is 0.823. The minimum atomic E-state index is 0.753. The summed E-state index contributed by atoms with van der Waals surface area (Å²) in [6, 6.07) is 10.3. The fourth-order valence-corrected chi connectivity index (χ4v) is 2.07. The lowest BCUT2D eigenvalue weighted by Gasteiger charge is -2.09. The van der Waals surface area contributed by atoms with Gasteiger partial charge in [-0.15, -0.1) is 0 Å². The molecular weight excluding hydrogens is 238 g/mol. The summed E-state index contributed by atoms with van der Waals surface area (Å²) in [6.07, 6.45) is 3.19. The maximum Gasteiger partial charge on any atom is 0.163 e. The fourth-order valence-electron chi connectivity index (χ4n) is 2.07. The Balaban J connectivity index is 2.17. The van der Waals surface area contributed by atoms with Crippen LogP contribution in [0, 0.1) is 0 Å². The highest BCUT2D eigenvalue weighted by Gasteiger charge is 2.08. The molecule has 2 aromatic heterocycles. The maximum absolute atomic E-state index is 4.68. The molecule has 5 nitrogen and oxygen atoms in total. The van der Waals surface area contributed by atoms with Gasteiger partial charge in [-0.25, -0.2) is 14.6 Å². The van der Waals surface area contributed by atoms with Crippen LogP contribution >= 0.6 is 0 Å². The molecule has 0 aliphatic heterocycles. The smallest absolute Gasteiger partial charge is 0.163 e. The van der Waals surface area contributed by atoms with Crippen molar-refractivity contribution in [1.82, 2.24) is 25.1 Å². The van der Waals surface area contributed by atoms with Gasteiger partial charge in [-0.3, -0.25) is 0 Å². The van der Waals surface area contributed by atoms with Crippen LogP contribution < -0.4 is 5.32 Å². The van der Waals surface area contributed by atoms with E-state index in [1.165, 1.54) is 6.33 Å². The van der Waals surface area contributed by atoms with E-state index < -0.39 is 0 Å². The van der Waals surface area contributed by atoms with Crippen molar-refractivity contribution >= 4 is 10.8 Å². The highest BCUT2D eigenvalue weighted by atomic mass is 15.3. The molecule has 0 saturated heterocycles. The minimum Gasteiger partial charge on any atom is -0.311 e. The third-order valence-electron chi connectivity index (χ3n) is 2.97. The number of hydrogen-bond acceptors (Lipinski definition) is 4. The maximum atomic E-state index is 4.68. The van der Waals surface area contributed by atoms with E-state index in [1.54, 1.807) is 11.0 Å². The predicted molar refractivity (Wildman–Crippen MR) is 74.0 cm³/mol. The zero-order valence-corrected chi connectivity index (χ0v) is 10.7.